The van der Waals surface area contributed by atoms with Gasteiger partial charge in [0.05, 0.1) is 19.8 Å². The number of hydrogen-bond acceptors (Lipinski definition) is 5. The summed E-state index contributed by atoms with van der Waals surface area (Å²) < 4.78 is 16.4. The van der Waals surface area contributed by atoms with Crippen LogP contribution in [0, 0.1) is 0 Å². The highest BCUT2D eigenvalue weighted by Crippen LogP contribution is 2.38. The molecular formula is C23H31ClN2O3. The Morgan fingerprint density at radius 1 is 1.10 bits per heavy atom. The molecule has 0 saturated carbocycles. The molecule has 29 heavy (non-hydrogen) atoms. The average Bonchev–Trinajstić information content (AvgIpc) is 2.87. The molecule has 0 radical (unpaired) electrons. The van der Waals surface area contributed by atoms with Crippen LogP contribution in [-0.4, -0.2) is 46.6 Å². The van der Waals surface area contributed by atoms with Gasteiger partial charge in [-0.2, -0.15) is 0 Å². The highest BCUT2D eigenvalue weighted by atomic mass is 35.5. The third kappa shape index (κ3) is 6.09. The number of fused-ring (bicyclic) bond motifs is 2. The highest BCUT2D eigenvalue weighted by molar-refractivity contribution is 6.30. The lowest BCUT2D eigenvalue weighted by Crippen LogP contribution is -2.26. The number of anilines is 1. The van der Waals surface area contributed by atoms with Gasteiger partial charge < -0.3 is 24.8 Å². The SMILES string of the molecule is COCCOCCOC1=CC=C2C(=CCc3ccc(Cl)cc3N2CCCCN)C1. The molecule has 6 heteroatoms. The molecule has 0 atom stereocenters. The third-order valence-corrected chi connectivity index (χ3v) is 5.34. The summed E-state index contributed by atoms with van der Waals surface area (Å²) in [7, 11) is 1.67. The van der Waals surface area contributed by atoms with E-state index in [1.165, 1.54) is 22.5 Å². The highest BCUT2D eigenvalue weighted by Gasteiger charge is 2.24. The number of methoxy groups -OCH3 is 1. The lowest BCUT2D eigenvalue weighted by Gasteiger charge is -2.31. The summed E-state index contributed by atoms with van der Waals surface area (Å²) in [6, 6.07) is 6.17. The van der Waals surface area contributed by atoms with Gasteiger partial charge in [0, 0.05) is 36.5 Å². The Balaban J connectivity index is 1.72. The van der Waals surface area contributed by atoms with Crippen LogP contribution < -0.4 is 10.6 Å². The number of hydrogen-bond donors (Lipinski definition) is 1. The van der Waals surface area contributed by atoms with Crippen LogP contribution >= 0.6 is 11.6 Å². The third-order valence-electron chi connectivity index (χ3n) is 5.10. The molecular weight excluding hydrogens is 388 g/mol. The first-order valence-electron chi connectivity index (χ1n) is 10.3. The molecule has 158 valence electrons. The van der Waals surface area contributed by atoms with E-state index in [0.717, 1.165) is 43.0 Å². The van der Waals surface area contributed by atoms with Crippen molar-refractivity contribution in [3.05, 3.63) is 64.0 Å². The standard InChI is InChI=1S/C23H31ClN2O3/c1-27-12-13-28-14-15-29-21-8-9-22-19(16-21)5-4-18-6-7-20(24)17-23(18)26(22)11-3-2-10-25/h5-9,17H,2-4,10-16,25H2,1H3. The van der Waals surface area contributed by atoms with Crippen LogP contribution in [0.2, 0.25) is 5.02 Å². The van der Waals surface area contributed by atoms with Crippen LogP contribution in [0.4, 0.5) is 5.69 Å². The molecule has 2 N–H and O–H groups in total. The molecule has 1 aromatic rings. The second kappa shape index (κ2) is 11.4. The van der Waals surface area contributed by atoms with E-state index in [2.05, 4.69) is 35.3 Å². The lowest BCUT2D eigenvalue weighted by atomic mass is 10.0. The molecule has 2 aliphatic rings. The minimum atomic E-state index is 0.544. The molecule has 1 heterocycles. The zero-order chi connectivity index (χ0) is 20.5. The normalized spacial score (nSPS) is 15.7. The van der Waals surface area contributed by atoms with Crippen LogP contribution in [-0.2, 0) is 20.6 Å². The van der Waals surface area contributed by atoms with Gasteiger partial charge in [-0.1, -0.05) is 23.7 Å². The fourth-order valence-corrected chi connectivity index (χ4v) is 3.78. The van der Waals surface area contributed by atoms with Gasteiger partial charge in [-0.05, 0) is 61.2 Å². The Kier molecular flexibility index (Phi) is 8.62. The van der Waals surface area contributed by atoms with Crippen molar-refractivity contribution < 1.29 is 14.2 Å². The molecule has 1 aliphatic carbocycles. The van der Waals surface area contributed by atoms with Crippen molar-refractivity contribution in [2.24, 2.45) is 5.73 Å². The van der Waals surface area contributed by atoms with Crippen LogP contribution in [0.5, 0.6) is 0 Å². The summed E-state index contributed by atoms with van der Waals surface area (Å²) in [6.07, 6.45) is 10.3. The van der Waals surface area contributed by atoms with E-state index < -0.39 is 0 Å². The van der Waals surface area contributed by atoms with Crippen LogP contribution in [0.15, 0.2) is 53.5 Å². The fraction of sp³-hybridized carbons (Fsp3) is 0.478. The first kappa shape index (κ1) is 21.9. The summed E-state index contributed by atoms with van der Waals surface area (Å²) in [6.45, 7) is 3.93. The Hall–Kier alpha value is -1.79. The van der Waals surface area contributed by atoms with Crippen molar-refractivity contribution in [1.29, 1.82) is 0 Å². The maximum absolute atomic E-state index is 6.32. The number of allylic oxidation sites excluding steroid dienone is 5. The van der Waals surface area contributed by atoms with Crippen molar-refractivity contribution in [3.63, 3.8) is 0 Å². The maximum atomic E-state index is 6.32. The van der Waals surface area contributed by atoms with Gasteiger partial charge >= 0.3 is 0 Å². The van der Waals surface area contributed by atoms with Crippen molar-refractivity contribution in [2.75, 3.05) is 51.5 Å². The minimum Gasteiger partial charge on any atom is -0.495 e. The Bertz CT molecular complexity index is 773. The number of nitrogens with zero attached hydrogens (tertiary/aromatic N) is 1. The van der Waals surface area contributed by atoms with Gasteiger partial charge in [0.15, 0.2) is 0 Å². The van der Waals surface area contributed by atoms with Crippen molar-refractivity contribution in [1.82, 2.24) is 0 Å². The number of unbranched alkanes of at least 4 members (excludes halogenated alkanes) is 1. The predicted molar refractivity (Wildman–Crippen MR) is 118 cm³/mol. The summed E-state index contributed by atoms with van der Waals surface area (Å²) in [5, 5.41) is 0.764. The van der Waals surface area contributed by atoms with E-state index in [9.17, 15) is 0 Å². The number of rotatable bonds is 11. The van der Waals surface area contributed by atoms with Gasteiger partial charge in [-0.3, -0.25) is 0 Å². The number of ether oxygens (including phenoxy) is 3. The van der Waals surface area contributed by atoms with Gasteiger partial charge in [0.1, 0.15) is 12.4 Å². The average molecular weight is 419 g/mol. The number of nitrogens with two attached hydrogens (primary N) is 1. The zero-order valence-electron chi connectivity index (χ0n) is 17.2. The molecule has 0 aromatic heterocycles. The number of benzene rings is 1. The molecule has 0 unspecified atom stereocenters. The molecule has 3 rings (SSSR count). The summed E-state index contributed by atoms with van der Waals surface area (Å²) >= 11 is 6.32. The van der Waals surface area contributed by atoms with Gasteiger partial charge in [-0.25, -0.2) is 0 Å². The van der Waals surface area contributed by atoms with Gasteiger partial charge in [0.2, 0.25) is 0 Å². The van der Waals surface area contributed by atoms with Crippen molar-refractivity contribution in [2.45, 2.75) is 25.7 Å². The van der Waals surface area contributed by atoms with E-state index >= 15 is 0 Å². The Labute approximate surface area is 178 Å². The molecule has 1 aromatic carbocycles. The Morgan fingerprint density at radius 2 is 1.97 bits per heavy atom. The predicted octanol–water partition coefficient (Wildman–Crippen LogP) is 4.22. The van der Waals surface area contributed by atoms with E-state index in [1.54, 1.807) is 7.11 Å². The van der Waals surface area contributed by atoms with Crippen molar-refractivity contribution >= 4 is 17.3 Å². The van der Waals surface area contributed by atoms with E-state index in [-0.39, 0.29) is 0 Å². The monoisotopic (exact) mass is 418 g/mol. The largest absolute Gasteiger partial charge is 0.495 e. The van der Waals surface area contributed by atoms with Crippen LogP contribution in [0.1, 0.15) is 24.8 Å². The quantitative estimate of drug-likeness (QED) is 0.545. The van der Waals surface area contributed by atoms with Crippen molar-refractivity contribution in [3.8, 4) is 0 Å². The second-order valence-electron chi connectivity index (χ2n) is 7.17. The van der Waals surface area contributed by atoms with E-state index in [0.29, 0.717) is 33.0 Å². The summed E-state index contributed by atoms with van der Waals surface area (Å²) in [5.74, 6) is 0.973. The zero-order valence-corrected chi connectivity index (χ0v) is 17.9. The Morgan fingerprint density at radius 3 is 2.79 bits per heavy atom. The molecule has 0 fully saturated rings. The van der Waals surface area contributed by atoms with Crippen LogP contribution in [0.3, 0.4) is 0 Å². The fourth-order valence-electron chi connectivity index (χ4n) is 3.61. The first-order valence-corrected chi connectivity index (χ1v) is 10.7. The smallest absolute Gasteiger partial charge is 0.111 e. The summed E-state index contributed by atoms with van der Waals surface area (Å²) in [5.41, 5.74) is 10.7. The van der Waals surface area contributed by atoms with Gasteiger partial charge in [0.25, 0.3) is 0 Å². The lowest BCUT2D eigenvalue weighted by molar-refractivity contribution is 0.0407. The molecule has 1 aliphatic heterocycles. The molecule has 0 amide bonds. The minimum absolute atomic E-state index is 0.544. The molecule has 0 spiro atoms. The maximum Gasteiger partial charge on any atom is 0.111 e. The molecule has 0 saturated heterocycles. The molecule has 5 nitrogen and oxygen atoms in total. The van der Waals surface area contributed by atoms with E-state index in [1.807, 2.05) is 6.07 Å². The summed E-state index contributed by atoms with van der Waals surface area (Å²) in [4.78, 5) is 2.39. The number of halogens is 1. The molecule has 0 bridgehead atoms. The first-order chi connectivity index (χ1) is 14.2. The van der Waals surface area contributed by atoms with Gasteiger partial charge in [-0.15, -0.1) is 0 Å². The van der Waals surface area contributed by atoms with Crippen LogP contribution in [0.25, 0.3) is 0 Å². The topological polar surface area (TPSA) is 57.0 Å². The second-order valence-corrected chi connectivity index (χ2v) is 7.61. The van der Waals surface area contributed by atoms with E-state index in [4.69, 9.17) is 31.5 Å².